The Hall–Kier alpha value is -3.52. The third kappa shape index (κ3) is 3.03. The fourth-order valence-corrected chi connectivity index (χ4v) is 3.75. The van der Waals surface area contributed by atoms with Gasteiger partial charge in [-0.1, -0.05) is 53.8 Å². The van der Waals surface area contributed by atoms with Crippen molar-refractivity contribution in [3.05, 3.63) is 79.3 Å². The van der Waals surface area contributed by atoms with Crippen LogP contribution in [0.5, 0.6) is 11.5 Å². The van der Waals surface area contributed by atoms with E-state index in [1.165, 1.54) is 7.11 Å². The summed E-state index contributed by atoms with van der Waals surface area (Å²) in [6.45, 7) is 0. The fourth-order valence-electron chi connectivity index (χ4n) is 2.85. The third-order valence-electron chi connectivity index (χ3n) is 4.15. The number of hydrogen-bond donors (Lipinski definition) is 0. The van der Waals surface area contributed by atoms with E-state index < -0.39 is 5.56 Å². The predicted octanol–water partition coefficient (Wildman–Crippen LogP) is 1.74. The topological polar surface area (TPSA) is 82.8 Å². The van der Waals surface area contributed by atoms with E-state index in [-0.39, 0.29) is 16.2 Å². The maximum absolute atomic E-state index is 12.8. The Morgan fingerprint density at radius 2 is 1.79 bits per heavy atom. The Balaban J connectivity index is 1.94. The minimum absolute atomic E-state index is 0.138. The SMILES string of the molecule is COc1cccc(C=c2sc3nc(=O)c(-c4ccccc4)nn3c2=O)c1OC. The highest BCUT2D eigenvalue weighted by molar-refractivity contribution is 7.15. The number of ether oxygens (including phenoxy) is 2. The first-order valence-electron chi connectivity index (χ1n) is 8.34. The van der Waals surface area contributed by atoms with Crippen molar-refractivity contribution in [3.8, 4) is 22.8 Å². The molecule has 0 aliphatic rings. The molecule has 2 heterocycles. The van der Waals surface area contributed by atoms with Gasteiger partial charge in [-0.25, -0.2) is 0 Å². The Kier molecular flexibility index (Phi) is 4.62. The van der Waals surface area contributed by atoms with Crippen molar-refractivity contribution in [2.24, 2.45) is 0 Å². The molecule has 4 aromatic rings. The third-order valence-corrected chi connectivity index (χ3v) is 5.11. The largest absolute Gasteiger partial charge is 0.493 e. The van der Waals surface area contributed by atoms with Crippen molar-refractivity contribution in [2.45, 2.75) is 0 Å². The molecule has 7 nitrogen and oxygen atoms in total. The van der Waals surface area contributed by atoms with E-state index in [4.69, 9.17) is 9.47 Å². The normalized spacial score (nSPS) is 11.7. The summed E-state index contributed by atoms with van der Waals surface area (Å²) in [5.41, 5.74) is 0.600. The van der Waals surface area contributed by atoms with Crippen LogP contribution >= 0.6 is 11.3 Å². The molecule has 0 N–H and O–H groups in total. The summed E-state index contributed by atoms with van der Waals surface area (Å²) in [4.78, 5) is 29.5. The van der Waals surface area contributed by atoms with Crippen molar-refractivity contribution in [3.63, 3.8) is 0 Å². The highest BCUT2D eigenvalue weighted by Crippen LogP contribution is 2.31. The maximum Gasteiger partial charge on any atom is 0.300 e. The second-order valence-corrected chi connectivity index (χ2v) is 6.83. The van der Waals surface area contributed by atoms with E-state index >= 15 is 0 Å². The number of benzene rings is 2. The number of fused-ring (bicyclic) bond motifs is 1. The Labute approximate surface area is 163 Å². The summed E-state index contributed by atoms with van der Waals surface area (Å²) in [6.07, 6.45) is 1.68. The first kappa shape index (κ1) is 17.9. The van der Waals surface area contributed by atoms with Crippen LogP contribution in [0.3, 0.4) is 0 Å². The number of aromatic nitrogens is 3. The number of para-hydroxylation sites is 1. The number of rotatable bonds is 4. The van der Waals surface area contributed by atoms with E-state index in [2.05, 4.69) is 10.1 Å². The predicted molar refractivity (Wildman–Crippen MR) is 107 cm³/mol. The molecular weight excluding hydrogens is 378 g/mol. The zero-order valence-electron chi connectivity index (χ0n) is 15.1. The van der Waals surface area contributed by atoms with Crippen LogP contribution in [-0.2, 0) is 0 Å². The molecular formula is C20H15N3O4S. The average Bonchev–Trinajstić information content (AvgIpc) is 3.02. The van der Waals surface area contributed by atoms with Gasteiger partial charge in [-0.15, -0.1) is 0 Å². The van der Waals surface area contributed by atoms with Gasteiger partial charge >= 0.3 is 5.56 Å². The summed E-state index contributed by atoms with van der Waals surface area (Å²) in [5.74, 6) is 1.07. The summed E-state index contributed by atoms with van der Waals surface area (Å²) in [5, 5.41) is 4.25. The van der Waals surface area contributed by atoms with Crippen molar-refractivity contribution in [1.82, 2.24) is 14.6 Å². The van der Waals surface area contributed by atoms with Crippen molar-refractivity contribution in [2.75, 3.05) is 14.2 Å². The molecule has 4 rings (SSSR count). The molecule has 0 radical (unpaired) electrons. The van der Waals surface area contributed by atoms with Gasteiger partial charge < -0.3 is 9.47 Å². The first-order valence-corrected chi connectivity index (χ1v) is 9.16. The van der Waals surface area contributed by atoms with E-state index in [0.717, 1.165) is 15.9 Å². The van der Waals surface area contributed by atoms with Gasteiger partial charge in [-0.3, -0.25) is 9.59 Å². The van der Waals surface area contributed by atoms with Gasteiger partial charge in [0.05, 0.1) is 18.8 Å². The van der Waals surface area contributed by atoms with Crippen molar-refractivity contribution >= 4 is 22.4 Å². The van der Waals surface area contributed by atoms with Crippen LogP contribution in [0.25, 0.3) is 22.3 Å². The lowest BCUT2D eigenvalue weighted by Crippen LogP contribution is -2.26. The zero-order chi connectivity index (χ0) is 19.7. The van der Waals surface area contributed by atoms with Crippen LogP contribution in [0.4, 0.5) is 0 Å². The molecule has 0 fully saturated rings. The molecule has 0 bridgehead atoms. The number of methoxy groups -OCH3 is 2. The molecule has 140 valence electrons. The lowest BCUT2D eigenvalue weighted by Gasteiger charge is -2.09. The summed E-state index contributed by atoms with van der Waals surface area (Å²) < 4.78 is 12.2. The number of hydrogen-bond acceptors (Lipinski definition) is 7. The van der Waals surface area contributed by atoms with Crippen LogP contribution in [-0.4, -0.2) is 28.8 Å². The summed E-state index contributed by atoms with van der Waals surface area (Å²) in [6, 6.07) is 14.3. The molecule has 0 saturated heterocycles. The second-order valence-electron chi connectivity index (χ2n) is 5.82. The molecule has 2 aromatic heterocycles. The van der Waals surface area contributed by atoms with Crippen LogP contribution in [0.1, 0.15) is 5.56 Å². The van der Waals surface area contributed by atoms with Crippen LogP contribution in [0, 0.1) is 0 Å². The first-order chi connectivity index (χ1) is 13.6. The van der Waals surface area contributed by atoms with E-state index in [9.17, 15) is 9.59 Å². The highest BCUT2D eigenvalue weighted by atomic mass is 32.1. The molecule has 0 aliphatic carbocycles. The van der Waals surface area contributed by atoms with Gasteiger partial charge in [0.15, 0.2) is 17.2 Å². The fraction of sp³-hybridized carbons (Fsp3) is 0.100. The number of thiazole rings is 1. The van der Waals surface area contributed by atoms with E-state index in [1.807, 2.05) is 12.1 Å². The molecule has 0 saturated carbocycles. The van der Waals surface area contributed by atoms with Gasteiger partial charge in [0.2, 0.25) is 4.96 Å². The van der Waals surface area contributed by atoms with Crippen LogP contribution in [0.15, 0.2) is 58.1 Å². The van der Waals surface area contributed by atoms with Gasteiger partial charge in [0, 0.05) is 11.1 Å². The standard InChI is InChI=1S/C20H15N3O4S/c1-26-14-10-6-9-13(17(14)27-2)11-15-19(25)23-20(28-15)21-18(24)16(22-23)12-7-4-3-5-8-12/h3-11H,1-2H3. The van der Waals surface area contributed by atoms with Crippen molar-refractivity contribution in [1.29, 1.82) is 0 Å². The van der Waals surface area contributed by atoms with E-state index in [1.54, 1.807) is 49.6 Å². The van der Waals surface area contributed by atoms with Gasteiger partial charge in [0.1, 0.15) is 0 Å². The van der Waals surface area contributed by atoms with Crippen molar-refractivity contribution < 1.29 is 9.47 Å². The minimum atomic E-state index is -0.474. The molecule has 8 heteroatoms. The molecule has 28 heavy (non-hydrogen) atoms. The molecule has 0 unspecified atom stereocenters. The van der Waals surface area contributed by atoms with Gasteiger partial charge in [-0.05, 0) is 12.1 Å². The van der Waals surface area contributed by atoms with Crippen LogP contribution < -0.4 is 25.1 Å². The van der Waals surface area contributed by atoms with Gasteiger partial charge in [0.25, 0.3) is 5.56 Å². The average molecular weight is 393 g/mol. The van der Waals surface area contributed by atoms with Crippen LogP contribution in [0.2, 0.25) is 0 Å². The van der Waals surface area contributed by atoms with Gasteiger partial charge in [-0.2, -0.15) is 14.6 Å². The molecule has 0 atom stereocenters. The monoisotopic (exact) mass is 393 g/mol. The summed E-state index contributed by atoms with van der Waals surface area (Å²) >= 11 is 1.09. The minimum Gasteiger partial charge on any atom is -0.493 e. The Morgan fingerprint density at radius 1 is 1.00 bits per heavy atom. The molecule has 2 aromatic carbocycles. The summed E-state index contributed by atoms with van der Waals surface area (Å²) in [7, 11) is 3.08. The Morgan fingerprint density at radius 3 is 2.50 bits per heavy atom. The quantitative estimate of drug-likeness (QED) is 0.525. The van der Waals surface area contributed by atoms with E-state index in [0.29, 0.717) is 27.2 Å². The maximum atomic E-state index is 12.8. The molecule has 0 amide bonds. The highest BCUT2D eigenvalue weighted by Gasteiger charge is 2.13. The Bertz CT molecular complexity index is 1330. The lowest BCUT2D eigenvalue weighted by molar-refractivity contribution is 0.354. The zero-order valence-corrected chi connectivity index (χ0v) is 15.9. The molecule has 0 spiro atoms. The smallest absolute Gasteiger partial charge is 0.300 e. The lowest BCUT2D eigenvalue weighted by atomic mass is 10.2. The second kappa shape index (κ2) is 7.24. The molecule has 0 aliphatic heterocycles. The number of nitrogens with zero attached hydrogens (tertiary/aromatic N) is 3.